The van der Waals surface area contributed by atoms with Gasteiger partial charge in [0.15, 0.2) is 0 Å². The number of nitrogens with zero attached hydrogens (tertiary/aromatic N) is 1. The lowest BCUT2D eigenvalue weighted by molar-refractivity contribution is 1.25. The van der Waals surface area contributed by atoms with Gasteiger partial charge in [-0.25, -0.2) is 5.41 Å². The van der Waals surface area contributed by atoms with Crippen molar-refractivity contribution in [2.75, 3.05) is 0 Å². The van der Waals surface area contributed by atoms with E-state index in [-0.39, 0.29) is 0 Å². The molecule has 0 fully saturated rings. The van der Waals surface area contributed by atoms with E-state index >= 15 is 0 Å². The summed E-state index contributed by atoms with van der Waals surface area (Å²) in [6.45, 7) is 0. The number of nitrogens with one attached hydrogen (secondary N) is 1. The molecule has 0 amide bonds. The Morgan fingerprint density at radius 1 is 2.00 bits per heavy atom. The predicted octanol–water partition coefficient (Wildman–Crippen LogP) is -0.387. The largest absolute Gasteiger partial charge is 0.314 e. The second-order valence-electron chi connectivity index (χ2n) is 0.241. The molecule has 3 nitrogen and oxygen atoms in total. The number of rotatable bonds is 0. The zero-order valence-electron chi connectivity index (χ0n) is 2.02. The van der Waals surface area contributed by atoms with Crippen LogP contribution in [0.1, 0.15) is 0 Å². The molecule has 0 bridgehead atoms. The van der Waals surface area contributed by atoms with Crippen molar-refractivity contribution in [1.82, 2.24) is 0 Å². The number of hydrogen-bond donors (Lipinski definition) is 2. The van der Waals surface area contributed by atoms with E-state index in [1.165, 1.54) is 0 Å². The van der Waals surface area contributed by atoms with Gasteiger partial charge >= 0.3 is 0 Å². The van der Waals surface area contributed by atoms with Crippen LogP contribution in [-0.2, 0) is 0 Å². The van der Waals surface area contributed by atoms with Gasteiger partial charge in [-0.1, -0.05) is 0 Å². The molecule has 0 saturated carbocycles. The Morgan fingerprint density at radius 2 is 2.25 bits per heavy atom. The van der Waals surface area contributed by atoms with Gasteiger partial charge in [0.2, 0.25) is 0 Å². The Bertz CT molecular complexity index is 41.2. The van der Waals surface area contributed by atoms with E-state index in [1.807, 2.05) is 0 Å². The molecule has 0 spiro atoms. The lowest BCUT2D eigenvalue weighted by Gasteiger charge is -1.44. The van der Waals surface area contributed by atoms with E-state index in [1.54, 1.807) is 6.01 Å². The van der Waals surface area contributed by atoms with Crippen LogP contribution in [0, 0.1) is 5.41 Å². The highest BCUT2D eigenvalue weighted by atomic mass is 15.1. The van der Waals surface area contributed by atoms with E-state index in [4.69, 9.17) is 5.41 Å². The van der Waals surface area contributed by atoms with E-state index in [2.05, 4.69) is 10.9 Å². The number of hydrazone groups is 1. The molecule has 0 aliphatic rings. The summed E-state index contributed by atoms with van der Waals surface area (Å²) in [6, 6.07) is 1.58. The van der Waals surface area contributed by atoms with Gasteiger partial charge in [0.05, 0.1) is 0 Å². The Labute approximate surface area is 23.6 Å². The smallest absolute Gasteiger partial charge is 0.111 e. The second kappa shape index (κ2) is 2.18. The van der Waals surface area contributed by atoms with Crippen molar-refractivity contribution in [1.29, 1.82) is 5.41 Å². The molecule has 0 rings (SSSR count). The summed E-state index contributed by atoms with van der Waals surface area (Å²) in [5.74, 6) is 4.35. The van der Waals surface area contributed by atoms with Crippen LogP contribution >= 0.6 is 0 Å². The zero-order valence-corrected chi connectivity index (χ0v) is 2.02. The second-order valence-corrected chi connectivity index (χ2v) is 0.241. The molecule has 0 aromatic heterocycles. The molecule has 0 unspecified atom stereocenters. The van der Waals surface area contributed by atoms with Crippen molar-refractivity contribution >= 4 is 6.01 Å². The molecule has 0 heterocycles. The van der Waals surface area contributed by atoms with Crippen molar-refractivity contribution in [3.05, 3.63) is 0 Å². The maximum absolute atomic E-state index is 5.91. The molecule has 0 aromatic rings. The topological polar surface area (TPSA) is 62.2 Å². The standard InChI is InChI=1S/CH3N3/c2-1-4-3/h2H,3H2. The highest BCUT2D eigenvalue weighted by Gasteiger charge is 1.21. The van der Waals surface area contributed by atoms with Crippen LogP contribution in [0.3, 0.4) is 0 Å². The van der Waals surface area contributed by atoms with E-state index < -0.39 is 0 Å². The first-order valence-electron chi connectivity index (χ1n) is 0.732. The van der Waals surface area contributed by atoms with E-state index in [0.717, 1.165) is 0 Å². The highest BCUT2D eigenvalue weighted by Crippen LogP contribution is 1.16. The van der Waals surface area contributed by atoms with Gasteiger partial charge in [-0.2, -0.15) is 0 Å². The fourth-order valence-electron chi connectivity index (χ4n) is 0. The molecule has 0 saturated heterocycles. The summed E-state index contributed by atoms with van der Waals surface area (Å²) in [6.07, 6.45) is 0. The van der Waals surface area contributed by atoms with Crippen LogP contribution in [-0.4, -0.2) is 6.01 Å². The molecule has 0 atom stereocenters. The molecule has 3 N–H and O–H groups in total. The van der Waals surface area contributed by atoms with Gasteiger partial charge in [-0.05, 0) is 0 Å². The summed E-state index contributed by atoms with van der Waals surface area (Å²) >= 11 is 0. The van der Waals surface area contributed by atoms with Gasteiger partial charge in [-0.15, -0.1) is 5.10 Å². The average molecular weight is 57.1 g/mol. The maximum Gasteiger partial charge on any atom is 0.111 e. The van der Waals surface area contributed by atoms with Crippen LogP contribution in [0.5, 0.6) is 0 Å². The Morgan fingerprint density at radius 3 is 2.25 bits per heavy atom. The van der Waals surface area contributed by atoms with Gasteiger partial charge in [0.25, 0.3) is 0 Å². The van der Waals surface area contributed by atoms with E-state index in [9.17, 15) is 0 Å². The first kappa shape index (κ1) is 3.18. The minimum absolute atomic E-state index is 1.58. The Kier molecular flexibility index (Phi) is 1.73. The number of nitrogens with two attached hydrogens (primary N) is 1. The SMILES string of the molecule is N=C=NN. The minimum Gasteiger partial charge on any atom is -0.314 e. The van der Waals surface area contributed by atoms with Crippen molar-refractivity contribution in [2.24, 2.45) is 10.9 Å². The Balaban J connectivity index is 3.11. The molecule has 0 radical (unpaired) electrons. The van der Waals surface area contributed by atoms with Crippen molar-refractivity contribution in [2.45, 2.75) is 0 Å². The predicted molar refractivity (Wildman–Crippen MR) is 14.3 cm³/mol. The third kappa shape index (κ3) is 1.18. The summed E-state index contributed by atoms with van der Waals surface area (Å²) in [5, 5.41) is 8.56. The lowest BCUT2D eigenvalue weighted by Crippen LogP contribution is -1.71. The molecule has 0 aromatic carbocycles. The number of hydrogen-bond acceptors (Lipinski definition) is 3. The first-order chi connectivity index (χ1) is 1.91. The molecule has 0 aliphatic carbocycles. The highest BCUT2D eigenvalue weighted by molar-refractivity contribution is 5.34. The van der Waals surface area contributed by atoms with Crippen LogP contribution in [0.25, 0.3) is 0 Å². The fraction of sp³-hybridized carbons (Fsp3) is 0. The lowest BCUT2D eigenvalue weighted by atomic mass is 11.6. The zero-order chi connectivity index (χ0) is 3.41. The monoisotopic (exact) mass is 57.0 g/mol. The average Bonchev–Trinajstić information content (AvgIpc) is 1.37. The summed E-state index contributed by atoms with van der Waals surface area (Å²) in [7, 11) is 0. The molecular formula is CH3N3. The van der Waals surface area contributed by atoms with Crippen molar-refractivity contribution in [3.8, 4) is 0 Å². The summed E-state index contributed by atoms with van der Waals surface area (Å²) in [4.78, 5) is 0. The normalized spacial score (nSPS) is 4.00. The van der Waals surface area contributed by atoms with Gasteiger partial charge in [-0.3, -0.25) is 0 Å². The van der Waals surface area contributed by atoms with Crippen LogP contribution in [0.15, 0.2) is 5.10 Å². The minimum atomic E-state index is 1.58. The third-order valence-electron chi connectivity index (χ3n) is 0.0645. The fourth-order valence-corrected chi connectivity index (χ4v) is 0. The molecule has 22 valence electrons. The van der Waals surface area contributed by atoms with Crippen LogP contribution in [0.2, 0.25) is 0 Å². The molecular weight excluding hydrogens is 54.0 g/mol. The quantitative estimate of drug-likeness (QED) is 0.222. The molecule has 3 heteroatoms. The molecule has 0 aliphatic heterocycles. The van der Waals surface area contributed by atoms with Crippen molar-refractivity contribution in [3.63, 3.8) is 0 Å². The third-order valence-corrected chi connectivity index (χ3v) is 0.0645. The molecule has 4 heavy (non-hydrogen) atoms. The summed E-state index contributed by atoms with van der Waals surface area (Å²) < 4.78 is 0. The van der Waals surface area contributed by atoms with Crippen molar-refractivity contribution < 1.29 is 0 Å². The van der Waals surface area contributed by atoms with Gasteiger partial charge in [0, 0.05) is 0 Å². The van der Waals surface area contributed by atoms with Gasteiger partial charge < -0.3 is 5.84 Å². The summed E-state index contributed by atoms with van der Waals surface area (Å²) in [5.41, 5.74) is 0. The van der Waals surface area contributed by atoms with Crippen LogP contribution < -0.4 is 5.84 Å². The van der Waals surface area contributed by atoms with Gasteiger partial charge in [0.1, 0.15) is 6.01 Å². The Hall–Kier alpha value is -0.820. The van der Waals surface area contributed by atoms with Crippen LogP contribution in [0.4, 0.5) is 0 Å². The first-order valence-corrected chi connectivity index (χ1v) is 0.732. The van der Waals surface area contributed by atoms with E-state index in [0.29, 0.717) is 0 Å². The maximum atomic E-state index is 5.91.